The summed E-state index contributed by atoms with van der Waals surface area (Å²) in [6.45, 7) is 0.780. The van der Waals surface area contributed by atoms with Crippen LogP contribution < -0.4 is 16.0 Å². The molecule has 0 atom stereocenters. The van der Waals surface area contributed by atoms with E-state index in [-0.39, 0.29) is 12.5 Å². The third-order valence-electron chi connectivity index (χ3n) is 6.60. The molecule has 4 N–H and O–H groups in total. The van der Waals surface area contributed by atoms with Crippen molar-refractivity contribution in [2.45, 2.75) is 13.1 Å². The highest BCUT2D eigenvalue weighted by Crippen LogP contribution is 2.32. The fraction of sp³-hybridized carbons (Fsp3) is 0.0645. The molecule has 1 amide bonds. The summed E-state index contributed by atoms with van der Waals surface area (Å²) in [7, 11) is 0. The molecule has 3 heterocycles. The normalized spacial score (nSPS) is 11.1. The van der Waals surface area contributed by atoms with Crippen LogP contribution in [0, 0.1) is 0 Å². The van der Waals surface area contributed by atoms with E-state index in [1.807, 2.05) is 36.4 Å². The van der Waals surface area contributed by atoms with E-state index in [0.29, 0.717) is 17.6 Å². The van der Waals surface area contributed by atoms with Crippen molar-refractivity contribution in [3.8, 4) is 22.4 Å². The lowest BCUT2D eigenvalue weighted by Crippen LogP contribution is -2.24. The number of rotatable bonds is 6. The largest absolute Gasteiger partial charge is 0.346 e. The molecule has 0 saturated heterocycles. The zero-order chi connectivity index (χ0) is 25.9. The van der Waals surface area contributed by atoms with Gasteiger partial charge in [-0.3, -0.25) is 19.7 Å². The van der Waals surface area contributed by atoms with Gasteiger partial charge < -0.3 is 11.1 Å². The Labute approximate surface area is 219 Å². The molecule has 0 unspecified atom stereocenters. The van der Waals surface area contributed by atoms with Gasteiger partial charge in [0.1, 0.15) is 0 Å². The Morgan fingerprint density at radius 2 is 1.58 bits per heavy atom. The van der Waals surface area contributed by atoms with Crippen molar-refractivity contribution in [2.24, 2.45) is 5.73 Å². The molecular formula is C31H25N6O+. The summed E-state index contributed by atoms with van der Waals surface area (Å²) in [5.74, 6) is -0.194. The summed E-state index contributed by atoms with van der Waals surface area (Å²) >= 11 is 0. The number of pyridine rings is 2. The maximum atomic E-state index is 13.0. The number of nitrogens with two attached hydrogens (primary N) is 1. The summed E-state index contributed by atoms with van der Waals surface area (Å²) in [6, 6.07) is 27.9. The topological polar surface area (TPSA) is 108 Å². The molecule has 6 aromatic rings. The molecule has 0 aliphatic rings. The molecule has 0 bridgehead atoms. The SMILES string of the molecule is NCc1ccc(-c2[nH+]c3ccnc(CNC(=O)c4ccc5nccnc5c4)c3cc2-c2ccccc2)cc1. The molecule has 7 heteroatoms. The van der Waals surface area contributed by atoms with Gasteiger partial charge in [-0.1, -0.05) is 42.5 Å². The van der Waals surface area contributed by atoms with Crippen molar-refractivity contribution < 1.29 is 9.78 Å². The number of nitrogens with zero attached hydrogens (tertiary/aromatic N) is 3. The van der Waals surface area contributed by atoms with Crippen LogP contribution in [0.1, 0.15) is 21.6 Å². The van der Waals surface area contributed by atoms with Crippen LogP contribution in [0.3, 0.4) is 0 Å². The van der Waals surface area contributed by atoms with Gasteiger partial charge in [0, 0.05) is 42.3 Å². The second-order valence-corrected chi connectivity index (χ2v) is 8.99. The average Bonchev–Trinajstić information content (AvgIpc) is 2.99. The van der Waals surface area contributed by atoms with Crippen LogP contribution in [-0.2, 0) is 13.1 Å². The summed E-state index contributed by atoms with van der Waals surface area (Å²) in [6.07, 6.45) is 5.01. The Kier molecular flexibility index (Phi) is 6.25. The number of aromatic amines is 1. The molecule has 38 heavy (non-hydrogen) atoms. The number of hydrogen-bond acceptors (Lipinski definition) is 5. The standard InChI is InChI=1S/C31H24N6O/c32-18-20-6-8-22(9-7-20)30-24(21-4-2-1-3-5-21)17-25-26(37-30)12-13-33-29(25)19-36-31(38)23-10-11-27-28(16-23)35-15-14-34-27/h1-17H,18-19,32H2,(H,36,38)/p+1. The predicted molar refractivity (Wildman–Crippen MR) is 148 cm³/mol. The van der Waals surface area contributed by atoms with Crippen molar-refractivity contribution in [3.05, 3.63) is 120 Å². The van der Waals surface area contributed by atoms with E-state index < -0.39 is 0 Å². The molecule has 184 valence electrons. The molecular weight excluding hydrogens is 472 g/mol. The van der Waals surface area contributed by atoms with E-state index in [0.717, 1.165) is 50.1 Å². The average molecular weight is 498 g/mol. The van der Waals surface area contributed by atoms with Gasteiger partial charge in [-0.05, 0) is 47.5 Å². The minimum absolute atomic E-state index is 0.194. The molecule has 6 rings (SSSR count). The first-order valence-corrected chi connectivity index (χ1v) is 12.4. The van der Waals surface area contributed by atoms with Crippen LogP contribution in [0.5, 0.6) is 0 Å². The van der Waals surface area contributed by atoms with Gasteiger partial charge in [0.15, 0.2) is 0 Å². The van der Waals surface area contributed by atoms with E-state index in [9.17, 15) is 4.79 Å². The number of nitrogens with one attached hydrogen (secondary N) is 2. The lowest BCUT2D eigenvalue weighted by Gasteiger charge is -2.10. The van der Waals surface area contributed by atoms with E-state index in [1.165, 1.54) is 0 Å². The Balaban J connectivity index is 1.37. The fourth-order valence-electron chi connectivity index (χ4n) is 4.60. The quantitative estimate of drug-likeness (QED) is 0.346. The fourth-order valence-corrected chi connectivity index (χ4v) is 4.60. The van der Waals surface area contributed by atoms with Gasteiger partial charge in [-0.2, -0.15) is 0 Å². The van der Waals surface area contributed by atoms with Crippen LogP contribution >= 0.6 is 0 Å². The van der Waals surface area contributed by atoms with Crippen molar-refractivity contribution in [2.75, 3.05) is 0 Å². The lowest BCUT2D eigenvalue weighted by atomic mass is 9.96. The number of carbonyl (C=O) groups excluding carboxylic acids is 1. The van der Waals surface area contributed by atoms with Crippen LogP contribution in [-0.4, -0.2) is 20.9 Å². The van der Waals surface area contributed by atoms with Crippen LogP contribution in [0.2, 0.25) is 0 Å². The lowest BCUT2D eigenvalue weighted by molar-refractivity contribution is -0.330. The first-order chi connectivity index (χ1) is 18.7. The maximum Gasteiger partial charge on any atom is 0.251 e. The zero-order valence-corrected chi connectivity index (χ0v) is 20.6. The molecule has 7 nitrogen and oxygen atoms in total. The maximum absolute atomic E-state index is 13.0. The zero-order valence-electron chi connectivity index (χ0n) is 20.6. The first-order valence-electron chi connectivity index (χ1n) is 12.4. The van der Waals surface area contributed by atoms with Gasteiger partial charge in [0.05, 0.1) is 34.2 Å². The smallest absolute Gasteiger partial charge is 0.251 e. The summed E-state index contributed by atoms with van der Waals surface area (Å²) in [5, 5.41) is 3.96. The molecule has 0 aliphatic carbocycles. The molecule has 0 radical (unpaired) electrons. The monoisotopic (exact) mass is 497 g/mol. The molecule has 3 aromatic heterocycles. The number of amides is 1. The number of carbonyl (C=O) groups is 1. The third-order valence-corrected chi connectivity index (χ3v) is 6.60. The molecule has 0 saturated carbocycles. The van der Waals surface area contributed by atoms with Crippen molar-refractivity contribution in [1.82, 2.24) is 20.3 Å². The molecule has 0 spiro atoms. The number of H-pyrrole nitrogens is 1. The highest BCUT2D eigenvalue weighted by Gasteiger charge is 2.19. The van der Waals surface area contributed by atoms with Crippen LogP contribution in [0.25, 0.3) is 44.3 Å². The highest BCUT2D eigenvalue weighted by atomic mass is 16.1. The number of benzene rings is 3. The van der Waals surface area contributed by atoms with Gasteiger partial charge in [-0.15, -0.1) is 0 Å². The minimum Gasteiger partial charge on any atom is -0.346 e. The van der Waals surface area contributed by atoms with Gasteiger partial charge in [0.2, 0.25) is 11.2 Å². The van der Waals surface area contributed by atoms with Crippen molar-refractivity contribution >= 4 is 27.8 Å². The Morgan fingerprint density at radius 1 is 0.789 bits per heavy atom. The number of fused-ring (bicyclic) bond motifs is 2. The Morgan fingerprint density at radius 3 is 2.37 bits per heavy atom. The van der Waals surface area contributed by atoms with Crippen LogP contribution in [0.15, 0.2) is 104 Å². The van der Waals surface area contributed by atoms with E-state index in [2.05, 4.69) is 55.6 Å². The second-order valence-electron chi connectivity index (χ2n) is 8.99. The number of hydrogen-bond donors (Lipinski definition) is 2. The van der Waals surface area contributed by atoms with Gasteiger partial charge >= 0.3 is 0 Å². The van der Waals surface area contributed by atoms with E-state index in [4.69, 9.17) is 5.73 Å². The number of aromatic nitrogens is 4. The Hall–Kier alpha value is -5.01. The van der Waals surface area contributed by atoms with Gasteiger partial charge in [-0.25, -0.2) is 4.98 Å². The highest BCUT2D eigenvalue weighted by molar-refractivity contribution is 5.97. The molecule has 3 aromatic carbocycles. The molecule has 0 fully saturated rings. The minimum atomic E-state index is -0.194. The molecule has 0 aliphatic heterocycles. The van der Waals surface area contributed by atoms with E-state index >= 15 is 0 Å². The van der Waals surface area contributed by atoms with Crippen molar-refractivity contribution in [3.63, 3.8) is 0 Å². The van der Waals surface area contributed by atoms with Gasteiger partial charge in [0.25, 0.3) is 5.91 Å². The summed E-state index contributed by atoms with van der Waals surface area (Å²) in [5.41, 5.74) is 14.7. The summed E-state index contributed by atoms with van der Waals surface area (Å²) in [4.78, 5) is 29.8. The second kappa shape index (κ2) is 10.2. The van der Waals surface area contributed by atoms with Crippen molar-refractivity contribution in [1.29, 1.82) is 0 Å². The van der Waals surface area contributed by atoms with E-state index in [1.54, 1.807) is 36.8 Å². The predicted octanol–water partition coefficient (Wildman–Crippen LogP) is 4.71. The summed E-state index contributed by atoms with van der Waals surface area (Å²) < 4.78 is 0. The first kappa shape index (κ1) is 23.4. The third kappa shape index (κ3) is 4.58. The Bertz CT molecular complexity index is 1770. The van der Waals surface area contributed by atoms with Crippen LogP contribution in [0.4, 0.5) is 0 Å².